The van der Waals surface area contributed by atoms with E-state index in [9.17, 15) is 8.42 Å². The molecule has 1 fully saturated rings. The number of hydrogen-bond donors (Lipinski definition) is 2. The SMILES string of the molecule is CNS(=O)(=O)c1cc(N)ccc1SC1CCOCC1. The molecule has 19 heavy (non-hydrogen) atoms. The summed E-state index contributed by atoms with van der Waals surface area (Å²) < 4.78 is 31.7. The quantitative estimate of drug-likeness (QED) is 0.823. The number of thioether (sulfide) groups is 1. The van der Waals surface area contributed by atoms with Crippen molar-refractivity contribution in [3.63, 3.8) is 0 Å². The van der Waals surface area contributed by atoms with Crippen molar-refractivity contribution in [2.24, 2.45) is 0 Å². The van der Waals surface area contributed by atoms with Crippen LogP contribution in [0.2, 0.25) is 0 Å². The van der Waals surface area contributed by atoms with Crippen LogP contribution < -0.4 is 10.5 Å². The zero-order valence-electron chi connectivity index (χ0n) is 10.8. The summed E-state index contributed by atoms with van der Waals surface area (Å²) in [5.74, 6) is 0. The van der Waals surface area contributed by atoms with Gasteiger partial charge >= 0.3 is 0 Å². The zero-order valence-corrected chi connectivity index (χ0v) is 12.4. The normalized spacial score (nSPS) is 17.5. The molecule has 3 N–H and O–H groups in total. The number of nitrogens with one attached hydrogen (secondary N) is 1. The molecule has 7 heteroatoms. The summed E-state index contributed by atoms with van der Waals surface area (Å²) in [6.07, 6.45) is 1.88. The fourth-order valence-electron chi connectivity index (χ4n) is 1.92. The monoisotopic (exact) mass is 302 g/mol. The van der Waals surface area contributed by atoms with Crippen LogP contribution in [0.3, 0.4) is 0 Å². The van der Waals surface area contributed by atoms with E-state index < -0.39 is 10.0 Å². The Balaban J connectivity index is 2.29. The van der Waals surface area contributed by atoms with Gasteiger partial charge < -0.3 is 10.5 Å². The Kier molecular flexibility index (Phi) is 4.72. The first-order valence-electron chi connectivity index (χ1n) is 6.10. The fourth-order valence-corrected chi connectivity index (χ4v) is 4.34. The fraction of sp³-hybridized carbons (Fsp3) is 0.500. The van der Waals surface area contributed by atoms with Crippen molar-refractivity contribution in [1.29, 1.82) is 0 Å². The second-order valence-electron chi connectivity index (χ2n) is 4.34. The van der Waals surface area contributed by atoms with E-state index in [2.05, 4.69) is 4.72 Å². The average Bonchev–Trinajstić information content (AvgIpc) is 2.42. The first-order valence-corrected chi connectivity index (χ1v) is 8.46. The Hall–Kier alpha value is -0.760. The predicted octanol–water partition coefficient (Wildman–Crippen LogP) is 1.45. The molecule has 1 aliphatic heterocycles. The van der Waals surface area contributed by atoms with Crippen molar-refractivity contribution in [2.75, 3.05) is 26.0 Å². The van der Waals surface area contributed by atoms with Crippen LogP contribution in [0, 0.1) is 0 Å². The molecule has 106 valence electrons. The molecule has 1 aromatic rings. The standard InChI is InChI=1S/C12H18N2O3S2/c1-14-19(15,16)12-8-9(13)2-3-11(12)18-10-4-6-17-7-5-10/h2-3,8,10,14H,4-7,13H2,1H3. The summed E-state index contributed by atoms with van der Waals surface area (Å²) in [5.41, 5.74) is 6.14. The minimum Gasteiger partial charge on any atom is -0.399 e. The summed E-state index contributed by atoms with van der Waals surface area (Å²) in [6, 6.07) is 5.02. The lowest BCUT2D eigenvalue weighted by Crippen LogP contribution is -2.21. The Labute approximate surface area is 118 Å². The molecule has 5 nitrogen and oxygen atoms in total. The third kappa shape index (κ3) is 3.62. The van der Waals surface area contributed by atoms with Crippen LogP contribution in [-0.4, -0.2) is 33.9 Å². The third-order valence-corrected chi connectivity index (χ3v) is 5.99. The molecule has 0 bridgehead atoms. The van der Waals surface area contributed by atoms with E-state index in [1.807, 2.05) is 0 Å². The second kappa shape index (κ2) is 6.13. The Bertz CT molecular complexity index is 540. The number of rotatable bonds is 4. The second-order valence-corrected chi connectivity index (χ2v) is 7.54. The van der Waals surface area contributed by atoms with Gasteiger partial charge in [0.05, 0.1) is 4.90 Å². The van der Waals surface area contributed by atoms with Crippen molar-refractivity contribution >= 4 is 27.5 Å². The highest BCUT2D eigenvalue weighted by atomic mass is 32.2. The lowest BCUT2D eigenvalue weighted by atomic mass is 10.2. The number of hydrogen-bond acceptors (Lipinski definition) is 5. The third-order valence-electron chi connectivity index (χ3n) is 2.99. The summed E-state index contributed by atoms with van der Waals surface area (Å²) in [5, 5.41) is 0.392. The number of anilines is 1. The van der Waals surface area contributed by atoms with Crippen LogP contribution in [0.4, 0.5) is 5.69 Å². The van der Waals surface area contributed by atoms with Gasteiger partial charge in [-0.05, 0) is 38.1 Å². The maximum atomic E-state index is 12.0. The van der Waals surface area contributed by atoms with Crippen molar-refractivity contribution < 1.29 is 13.2 Å². The Morgan fingerprint density at radius 3 is 2.68 bits per heavy atom. The van der Waals surface area contributed by atoms with Gasteiger partial charge in [-0.3, -0.25) is 0 Å². The van der Waals surface area contributed by atoms with E-state index in [1.165, 1.54) is 13.1 Å². The highest BCUT2D eigenvalue weighted by molar-refractivity contribution is 8.00. The van der Waals surface area contributed by atoms with Gasteiger partial charge in [0.25, 0.3) is 0 Å². The lowest BCUT2D eigenvalue weighted by Gasteiger charge is -2.22. The molecular formula is C12H18N2O3S2. The molecule has 0 spiro atoms. The molecule has 0 amide bonds. The molecule has 0 aliphatic carbocycles. The van der Waals surface area contributed by atoms with Crippen LogP contribution >= 0.6 is 11.8 Å². The Morgan fingerprint density at radius 2 is 2.05 bits per heavy atom. The minimum atomic E-state index is -3.48. The largest absolute Gasteiger partial charge is 0.399 e. The Morgan fingerprint density at radius 1 is 1.37 bits per heavy atom. The summed E-state index contributed by atoms with van der Waals surface area (Å²) in [7, 11) is -2.08. The van der Waals surface area contributed by atoms with Gasteiger partial charge in [0.2, 0.25) is 10.0 Å². The van der Waals surface area contributed by atoms with Crippen LogP contribution in [0.1, 0.15) is 12.8 Å². The van der Waals surface area contributed by atoms with E-state index in [4.69, 9.17) is 10.5 Å². The molecule has 0 saturated carbocycles. The number of sulfonamides is 1. The van der Waals surface area contributed by atoms with Gasteiger partial charge in [0.1, 0.15) is 0 Å². The van der Waals surface area contributed by atoms with Crippen molar-refractivity contribution in [3.8, 4) is 0 Å². The van der Waals surface area contributed by atoms with Crippen LogP contribution in [0.25, 0.3) is 0 Å². The number of ether oxygens (including phenoxy) is 1. The minimum absolute atomic E-state index is 0.256. The summed E-state index contributed by atoms with van der Waals surface area (Å²) in [4.78, 5) is 1.00. The molecule has 0 unspecified atom stereocenters. The lowest BCUT2D eigenvalue weighted by molar-refractivity contribution is 0.1000. The highest BCUT2D eigenvalue weighted by Crippen LogP contribution is 2.34. The van der Waals surface area contributed by atoms with E-state index in [1.54, 1.807) is 23.9 Å². The molecule has 1 aromatic carbocycles. The van der Waals surface area contributed by atoms with Gasteiger partial charge in [-0.25, -0.2) is 13.1 Å². The van der Waals surface area contributed by atoms with E-state index in [0.717, 1.165) is 31.0 Å². The van der Waals surface area contributed by atoms with E-state index in [-0.39, 0.29) is 4.90 Å². The molecule has 0 atom stereocenters. The van der Waals surface area contributed by atoms with Crippen molar-refractivity contribution in [1.82, 2.24) is 4.72 Å². The molecule has 2 rings (SSSR count). The maximum Gasteiger partial charge on any atom is 0.241 e. The number of nitrogens with two attached hydrogens (primary N) is 1. The van der Waals surface area contributed by atoms with Gasteiger partial charge in [-0.2, -0.15) is 0 Å². The van der Waals surface area contributed by atoms with Crippen molar-refractivity contribution in [3.05, 3.63) is 18.2 Å². The van der Waals surface area contributed by atoms with Gasteiger partial charge in [-0.1, -0.05) is 0 Å². The van der Waals surface area contributed by atoms with Gasteiger partial charge in [0.15, 0.2) is 0 Å². The van der Waals surface area contributed by atoms with E-state index >= 15 is 0 Å². The van der Waals surface area contributed by atoms with Crippen molar-refractivity contribution in [2.45, 2.75) is 27.9 Å². The highest BCUT2D eigenvalue weighted by Gasteiger charge is 2.21. The first kappa shape index (κ1) is 14.6. The molecule has 0 radical (unpaired) electrons. The van der Waals surface area contributed by atoms with Gasteiger partial charge in [-0.15, -0.1) is 11.8 Å². The molecule has 1 saturated heterocycles. The maximum absolute atomic E-state index is 12.0. The molecule has 1 aliphatic rings. The molecule has 0 aromatic heterocycles. The molecule has 1 heterocycles. The van der Waals surface area contributed by atoms with E-state index in [0.29, 0.717) is 10.9 Å². The summed E-state index contributed by atoms with van der Waals surface area (Å²) in [6.45, 7) is 1.47. The smallest absolute Gasteiger partial charge is 0.241 e. The predicted molar refractivity (Wildman–Crippen MR) is 76.8 cm³/mol. The zero-order chi connectivity index (χ0) is 13.9. The summed E-state index contributed by atoms with van der Waals surface area (Å²) >= 11 is 1.59. The molecular weight excluding hydrogens is 284 g/mol. The first-order chi connectivity index (χ1) is 9.03. The van der Waals surface area contributed by atoms with Crippen LogP contribution in [-0.2, 0) is 14.8 Å². The number of benzene rings is 1. The average molecular weight is 302 g/mol. The topological polar surface area (TPSA) is 81.4 Å². The van der Waals surface area contributed by atoms with Crippen LogP contribution in [0.5, 0.6) is 0 Å². The van der Waals surface area contributed by atoms with Crippen LogP contribution in [0.15, 0.2) is 28.0 Å². The number of nitrogen functional groups attached to an aromatic ring is 1. The van der Waals surface area contributed by atoms with Gasteiger partial charge in [0, 0.05) is 29.0 Å².